The second-order valence-electron chi connectivity index (χ2n) is 8.17. The smallest absolute Gasteiger partial charge is 0.234 e. The molecule has 0 bridgehead atoms. The maximum Gasteiger partial charge on any atom is 0.234 e. The maximum atomic E-state index is 13.1. The number of piperazine rings is 1. The van der Waals surface area contributed by atoms with Gasteiger partial charge in [0.05, 0.1) is 11.5 Å². The highest BCUT2D eigenvalue weighted by atomic mass is 32.2. The number of carbonyl (C=O) groups excluding carboxylic acids is 2. The van der Waals surface area contributed by atoms with Crippen LogP contribution in [0.15, 0.2) is 64.6 Å². The number of amides is 2. The van der Waals surface area contributed by atoms with Gasteiger partial charge in [0.15, 0.2) is 0 Å². The molecule has 0 aliphatic carbocycles. The number of rotatable bonds is 10. The molecule has 0 unspecified atom stereocenters. The number of nitrogens with one attached hydrogen (secondary N) is 1. The SMILES string of the molecule is CN=C(C=CN)c1cc(NC(=O)CSc2ccc(F)cc2)ccc1OCCN1CCN(C(C)=O)CC1. The van der Waals surface area contributed by atoms with Crippen molar-refractivity contribution in [2.45, 2.75) is 11.8 Å². The number of hydrogen-bond acceptors (Lipinski definition) is 7. The molecular formula is C26H32FN5O3S. The Hall–Kier alpha value is -3.37. The van der Waals surface area contributed by atoms with E-state index in [9.17, 15) is 14.0 Å². The minimum absolute atomic E-state index is 0.108. The van der Waals surface area contributed by atoms with Gasteiger partial charge in [0.1, 0.15) is 18.2 Å². The molecule has 1 heterocycles. The van der Waals surface area contributed by atoms with Crippen molar-refractivity contribution >= 4 is 35.0 Å². The number of nitrogens with zero attached hydrogens (tertiary/aromatic N) is 3. The molecule has 0 atom stereocenters. The molecule has 8 nitrogen and oxygen atoms in total. The fourth-order valence-electron chi connectivity index (χ4n) is 3.76. The van der Waals surface area contributed by atoms with E-state index in [-0.39, 0.29) is 23.4 Å². The van der Waals surface area contributed by atoms with Crippen molar-refractivity contribution in [3.05, 3.63) is 66.1 Å². The van der Waals surface area contributed by atoms with Crippen molar-refractivity contribution in [3.8, 4) is 5.75 Å². The molecule has 0 saturated carbocycles. The molecule has 0 aromatic heterocycles. The van der Waals surface area contributed by atoms with E-state index < -0.39 is 0 Å². The Labute approximate surface area is 215 Å². The lowest BCUT2D eigenvalue weighted by Crippen LogP contribution is -2.48. The lowest BCUT2D eigenvalue weighted by atomic mass is 10.1. The van der Waals surface area contributed by atoms with Crippen molar-refractivity contribution in [3.63, 3.8) is 0 Å². The first kappa shape index (κ1) is 27.2. The fourth-order valence-corrected chi connectivity index (χ4v) is 4.46. The van der Waals surface area contributed by atoms with Crippen molar-refractivity contribution in [1.29, 1.82) is 0 Å². The highest BCUT2D eigenvalue weighted by molar-refractivity contribution is 8.00. The van der Waals surface area contributed by atoms with E-state index in [1.54, 1.807) is 44.3 Å². The Bertz CT molecular complexity index is 1100. The highest BCUT2D eigenvalue weighted by Crippen LogP contribution is 2.25. The minimum Gasteiger partial charge on any atom is -0.492 e. The molecule has 1 aliphatic rings. The average Bonchev–Trinajstić information content (AvgIpc) is 2.88. The number of benzene rings is 2. The van der Waals surface area contributed by atoms with Crippen LogP contribution >= 0.6 is 11.8 Å². The zero-order chi connectivity index (χ0) is 25.9. The number of nitrogens with two attached hydrogens (primary N) is 1. The monoisotopic (exact) mass is 513 g/mol. The average molecular weight is 514 g/mol. The van der Waals surface area contributed by atoms with E-state index in [1.165, 1.54) is 30.1 Å². The number of aliphatic imine (C=N–C) groups is 1. The van der Waals surface area contributed by atoms with Gasteiger partial charge >= 0.3 is 0 Å². The van der Waals surface area contributed by atoms with Gasteiger partial charge in [-0.3, -0.25) is 19.5 Å². The van der Waals surface area contributed by atoms with Crippen LogP contribution in [-0.2, 0) is 9.59 Å². The summed E-state index contributed by atoms with van der Waals surface area (Å²) in [6.45, 7) is 5.87. The van der Waals surface area contributed by atoms with Crippen molar-refractivity contribution in [1.82, 2.24) is 9.80 Å². The summed E-state index contributed by atoms with van der Waals surface area (Å²) in [7, 11) is 1.66. The summed E-state index contributed by atoms with van der Waals surface area (Å²) in [6.07, 6.45) is 3.09. The molecule has 1 aliphatic heterocycles. The van der Waals surface area contributed by atoms with Gasteiger partial charge in [0.2, 0.25) is 11.8 Å². The van der Waals surface area contributed by atoms with Crippen LogP contribution in [-0.4, -0.2) is 79.5 Å². The van der Waals surface area contributed by atoms with Crippen molar-refractivity contribution in [2.75, 3.05) is 57.4 Å². The lowest BCUT2D eigenvalue weighted by molar-refractivity contribution is -0.130. The van der Waals surface area contributed by atoms with Crippen LogP contribution in [0.5, 0.6) is 5.75 Å². The molecule has 10 heteroatoms. The zero-order valence-electron chi connectivity index (χ0n) is 20.6. The van der Waals surface area contributed by atoms with Crippen LogP contribution in [0, 0.1) is 5.82 Å². The molecule has 0 radical (unpaired) electrons. The van der Waals surface area contributed by atoms with E-state index in [0.29, 0.717) is 29.3 Å². The number of ether oxygens (including phenoxy) is 1. The number of thioether (sulfide) groups is 1. The van der Waals surface area contributed by atoms with Gasteiger partial charge in [-0.25, -0.2) is 4.39 Å². The van der Waals surface area contributed by atoms with Crippen LogP contribution in [0.2, 0.25) is 0 Å². The summed E-state index contributed by atoms with van der Waals surface area (Å²) >= 11 is 1.33. The van der Waals surface area contributed by atoms with Crippen LogP contribution in [0.3, 0.4) is 0 Å². The quantitative estimate of drug-likeness (QED) is 0.374. The third kappa shape index (κ3) is 8.10. The maximum absolute atomic E-state index is 13.1. The fraction of sp³-hybridized carbons (Fsp3) is 0.346. The van der Waals surface area contributed by atoms with Gasteiger partial charge in [-0.1, -0.05) is 0 Å². The summed E-state index contributed by atoms with van der Waals surface area (Å²) in [4.78, 5) is 33.2. The standard InChI is InChI=1S/C26H32FN5O3S/c1-19(33)32-13-11-31(12-14-32)15-16-35-25-8-5-21(17-23(25)24(29-2)9-10-28)30-26(34)18-36-22-6-3-20(27)4-7-22/h3-10,17H,11-16,18,28H2,1-2H3,(H,30,34). The molecule has 36 heavy (non-hydrogen) atoms. The van der Waals surface area contributed by atoms with Gasteiger partial charge in [-0.05, 0) is 54.7 Å². The first-order chi connectivity index (χ1) is 17.4. The predicted molar refractivity (Wildman–Crippen MR) is 142 cm³/mol. The van der Waals surface area contributed by atoms with E-state index in [2.05, 4.69) is 15.2 Å². The first-order valence-electron chi connectivity index (χ1n) is 11.7. The van der Waals surface area contributed by atoms with Gasteiger partial charge in [0.25, 0.3) is 0 Å². The molecule has 1 saturated heterocycles. The third-order valence-electron chi connectivity index (χ3n) is 5.70. The Kier molecular flexibility index (Phi) is 10.3. The van der Waals surface area contributed by atoms with Crippen LogP contribution < -0.4 is 15.8 Å². The molecule has 192 valence electrons. The molecule has 3 rings (SSSR count). The van der Waals surface area contributed by atoms with Crippen LogP contribution in [0.1, 0.15) is 12.5 Å². The highest BCUT2D eigenvalue weighted by Gasteiger charge is 2.18. The lowest BCUT2D eigenvalue weighted by Gasteiger charge is -2.34. The Balaban J connectivity index is 1.61. The number of hydrogen-bond donors (Lipinski definition) is 2. The van der Waals surface area contributed by atoms with E-state index >= 15 is 0 Å². The molecular weight excluding hydrogens is 481 g/mol. The first-order valence-corrected chi connectivity index (χ1v) is 12.7. The van der Waals surface area contributed by atoms with Crippen LogP contribution in [0.25, 0.3) is 0 Å². The van der Waals surface area contributed by atoms with E-state index in [0.717, 1.165) is 37.6 Å². The third-order valence-corrected chi connectivity index (χ3v) is 6.71. The molecule has 2 aromatic carbocycles. The van der Waals surface area contributed by atoms with Gasteiger partial charge in [0, 0.05) is 62.8 Å². The molecule has 2 amide bonds. The zero-order valence-corrected chi connectivity index (χ0v) is 21.4. The number of halogens is 1. The predicted octanol–water partition coefficient (Wildman–Crippen LogP) is 2.99. The topological polar surface area (TPSA) is 100 Å². The normalized spacial score (nSPS) is 14.8. The van der Waals surface area contributed by atoms with E-state index in [4.69, 9.17) is 10.5 Å². The molecule has 2 aromatic rings. The van der Waals surface area contributed by atoms with Crippen LogP contribution in [0.4, 0.5) is 10.1 Å². The Morgan fingerprint density at radius 2 is 1.89 bits per heavy atom. The summed E-state index contributed by atoms with van der Waals surface area (Å²) in [5.41, 5.74) is 7.56. The Morgan fingerprint density at radius 1 is 1.17 bits per heavy atom. The molecule has 3 N–H and O–H groups in total. The summed E-state index contributed by atoms with van der Waals surface area (Å²) in [5.74, 6) is 0.436. The van der Waals surface area contributed by atoms with Gasteiger partial charge in [-0.2, -0.15) is 0 Å². The summed E-state index contributed by atoms with van der Waals surface area (Å²) in [6, 6.07) is 11.4. The number of carbonyl (C=O) groups is 2. The second kappa shape index (κ2) is 13.6. The van der Waals surface area contributed by atoms with Gasteiger partial charge in [-0.15, -0.1) is 11.8 Å². The van der Waals surface area contributed by atoms with Crippen molar-refractivity contribution in [2.24, 2.45) is 10.7 Å². The minimum atomic E-state index is -0.311. The van der Waals surface area contributed by atoms with Gasteiger partial charge < -0.3 is 20.7 Å². The Morgan fingerprint density at radius 3 is 2.53 bits per heavy atom. The number of allylic oxidation sites excluding steroid dienone is 1. The molecule has 0 spiro atoms. The number of anilines is 1. The molecule has 1 fully saturated rings. The van der Waals surface area contributed by atoms with E-state index in [1.807, 2.05) is 11.0 Å². The van der Waals surface area contributed by atoms with Crippen molar-refractivity contribution < 1.29 is 18.7 Å². The summed E-state index contributed by atoms with van der Waals surface area (Å²) in [5, 5.41) is 2.89. The summed E-state index contributed by atoms with van der Waals surface area (Å²) < 4.78 is 19.2. The second-order valence-corrected chi connectivity index (χ2v) is 9.21. The largest absolute Gasteiger partial charge is 0.492 e.